The number of rotatable bonds is 5. The molecule has 0 aliphatic rings. The van der Waals surface area contributed by atoms with Gasteiger partial charge >= 0.3 is 6.03 Å². The quantitative estimate of drug-likeness (QED) is 0.772. The average Bonchev–Trinajstić information content (AvgIpc) is 2.31. The highest BCUT2D eigenvalue weighted by Crippen LogP contribution is 2.10. The van der Waals surface area contributed by atoms with Crippen molar-refractivity contribution in [2.75, 3.05) is 32.1 Å². The Hall–Kier alpha value is -1.88. The molecule has 0 spiro atoms. The smallest absolute Gasteiger partial charge is 0.328 e. The molecule has 0 heterocycles. The molecule has 0 aromatic heterocycles. The van der Waals surface area contributed by atoms with E-state index in [1.54, 1.807) is 24.3 Å². The second-order valence-electron chi connectivity index (χ2n) is 3.85. The number of nitrogens with one attached hydrogen (secondary N) is 1. The van der Waals surface area contributed by atoms with Crippen molar-refractivity contribution in [3.8, 4) is 0 Å². The first kappa shape index (κ1) is 13.2. The summed E-state index contributed by atoms with van der Waals surface area (Å²) in [5, 5.41) is 2.68. The Kier molecular flexibility index (Phi) is 5.16. The third-order valence-corrected chi connectivity index (χ3v) is 2.19. The van der Waals surface area contributed by atoms with E-state index in [1.165, 1.54) is 0 Å². The van der Waals surface area contributed by atoms with E-state index < -0.39 is 6.03 Å². The number of para-hydroxylation sites is 1. The van der Waals surface area contributed by atoms with Crippen molar-refractivity contribution < 1.29 is 9.59 Å². The zero-order chi connectivity index (χ0) is 12.7. The van der Waals surface area contributed by atoms with Crippen LogP contribution in [0.1, 0.15) is 0 Å². The Labute approximate surface area is 101 Å². The van der Waals surface area contributed by atoms with Crippen LogP contribution in [0.15, 0.2) is 30.3 Å². The van der Waals surface area contributed by atoms with E-state index in [0.29, 0.717) is 18.6 Å². The number of imide groups is 1. The van der Waals surface area contributed by atoms with Gasteiger partial charge in [0.05, 0.1) is 5.69 Å². The molecule has 0 bridgehead atoms. The summed E-state index contributed by atoms with van der Waals surface area (Å²) < 4.78 is 0. The van der Waals surface area contributed by atoms with Gasteiger partial charge in [0.15, 0.2) is 0 Å². The second kappa shape index (κ2) is 6.65. The largest absolute Gasteiger partial charge is 0.336 e. The lowest BCUT2D eigenvalue weighted by atomic mass is 10.3. The number of hydrogen-bond donors (Lipinski definition) is 1. The van der Waals surface area contributed by atoms with Crippen molar-refractivity contribution in [2.45, 2.75) is 0 Å². The van der Waals surface area contributed by atoms with E-state index in [1.807, 2.05) is 25.1 Å². The van der Waals surface area contributed by atoms with Gasteiger partial charge in [0.25, 0.3) is 0 Å². The number of carbonyl (C=O) groups is 2. The van der Waals surface area contributed by atoms with Crippen molar-refractivity contribution in [1.82, 2.24) is 10.2 Å². The third-order valence-electron chi connectivity index (χ3n) is 2.19. The zero-order valence-corrected chi connectivity index (χ0v) is 10.1. The molecule has 1 N–H and O–H groups in total. The first-order valence-corrected chi connectivity index (χ1v) is 5.37. The normalized spacial score (nSPS) is 10.1. The minimum absolute atomic E-state index is 0.409. The number of hydrogen-bond acceptors (Lipinski definition) is 3. The van der Waals surface area contributed by atoms with Crippen LogP contribution in [0.2, 0.25) is 0 Å². The van der Waals surface area contributed by atoms with Gasteiger partial charge in [-0.15, -0.1) is 0 Å². The first-order chi connectivity index (χ1) is 8.15. The lowest BCUT2D eigenvalue weighted by Gasteiger charge is -2.17. The Morgan fingerprint density at radius 2 is 1.94 bits per heavy atom. The molecule has 0 aliphatic carbocycles. The van der Waals surface area contributed by atoms with E-state index >= 15 is 0 Å². The molecule has 1 aromatic rings. The fourth-order valence-electron chi connectivity index (χ4n) is 1.29. The van der Waals surface area contributed by atoms with Gasteiger partial charge in [0, 0.05) is 13.1 Å². The van der Waals surface area contributed by atoms with Gasteiger partial charge in [-0.1, -0.05) is 18.2 Å². The van der Waals surface area contributed by atoms with Crippen LogP contribution in [-0.4, -0.2) is 44.5 Å². The fourth-order valence-corrected chi connectivity index (χ4v) is 1.29. The summed E-state index contributed by atoms with van der Waals surface area (Å²) in [6.07, 6.45) is 0.514. The number of amides is 3. The number of benzene rings is 1. The zero-order valence-electron chi connectivity index (χ0n) is 10.1. The highest BCUT2D eigenvalue weighted by molar-refractivity contribution is 6.05. The van der Waals surface area contributed by atoms with E-state index in [4.69, 9.17) is 0 Å². The Bertz CT molecular complexity index is 365. The molecule has 3 amide bonds. The van der Waals surface area contributed by atoms with Gasteiger partial charge < -0.3 is 10.2 Å². The molecule has 92 valence electrons. The predicted octanol–water partition coefficient (Wildman–Crippen LogP) is 0.921. The molecule has 0 saturated carbocycles. The maximum Gasteiger partial charge on any atom is 0.328 e. The van der Waals surface area contributed by atoms with E-state index in [9.17, 15) is 9.59 Å². The van der Waals surface area contributed by atoms with Crippen LogP contribution in [0, 0.1) is 0 Å². The molecule has 0 fully saturated rings. The van der Waals surface area contributed by atoms with Crippen LogP contribution in [0.5, 0.6) is 0 Å². The molecule has 1 aromatic carbocycles. The number of likely N-dealkylation sites (N-methyl/N-ethyl adjacent to an activating group) is 1. The van der Waals surface area contributed by atoms with Gasteiger partial charge in [0.1, 0.15) is 0 Å². The van der Waals surface area contributed by atoms with Gasteiger partial charge in [-0.05, 0) is 26.2 Å². The van der Waals surface area contributed by atoms with Crippen molar-refractivity contribution in [2.24, 2.45) is 0 Å². The minimum atomic E-state index is -0.409. The molecular weight excluding hydrogens is 218 g/mol. The molecular formula is C12H17N3O2. The predicted molar refractivity (Wildman–Crippen MR) is 66.9 cm³/mol. The van der Waals surface area contributed by atoms with Gasteiger partial charge in [-0.2, -0.15) is 0 Å². The van der Waals surface area contributed by atoms with Crippen LogP contribution in [0.3, 0.4) is 0 Å². The summed E-state index contributed by atoms with van der Waals surface area (Å²) in [5.41, 5.74) is 0.560. The SMILES string of the molecule is CN(C)CCNC(=O)N(C=O)c1ccccc1. The lowest BCUT2D eigenvalue weighted by Crippen LogP contribution is -2.41. The lowest BCUT2D eigenvalue weighted by molar-refractivity contribution is -0.106. The van der Waals surface area contributed by atoms with Crippen LogP contribution >= 0.6 is 0 Å². The van der Waals surface area contributed by atoms with Crippen molar-refractivity contribution in [3.05, 3.63) is 30.3 Å². The molecule has 0 saturated heterocycles. The standard InChI is InChI=1S/C12H17N3O2/c1-14(2)9-8-13-12(17)15(10-16)11-6-4-3-5-7-11/h3-7,10H,8-9H2,1-2H3,(H,13,17). The molecule has 0 unspecified atom stereocenters. The minimum Gasteiger partial charge on any atom is -0.336 e. The van der Waals surface area contributed by atoms with E-state index in [2.05, 4.69) is 5.32 Å². The van der Waals surface area contributed by atoms with Crippen molar-refractivity contribution >= 4 is 18.1 Å². The Morgan fingerprint density at radius 1 is 1.29 bits per heavy atom. The summed E-state index contributed by atoms with van der Waals surface area (Å²) in [4.78, 5) is 25.6. The Balaban J connectivity index is 2.56. The monoisotopic (exact) mass is 235 g/mol. The average molecular weight is 235 g/mol. The summed E-state index contributed by atoms with van der Waals surface area (Å²) in [7, 11) is 3.84. The fraction of sp³-hybridized carbons (Fsp3) is 0.333. The summed E-state index contributed by atoms with van der Waals surface area (Å²) in [6.45, 7) is 1.23. The molecule has 17 heavy (non-hydrogen) atoms. The highest BCUT2D eigenvalue weighted by Gasteiger charge is 2.13. The summed E-state index contributed by atoms with van der Waals surface area (Å²) in [6, 6.07) is 8.39. The van der Waals surface area contributed by atoms with Gasteiger partial charge in [0.2, 0.25) is 6.41 Å². The maximum atomic E-state index is 11.7. The number of anilines is 1. The topological polar surface area (TPSA) is 52.7 Å². The van der Waals surface area contributed by atoms with Crippen LogP contribution in [-0.2, 0) is 4.79 Å². The van der Waals surface area contributed by atoms with E-state index in [0.717, 1.165) is 11.4 Å². The molecule has 1 rings (SSSR count). The number of nitrogens with zero attached hydrogens (tertiary/aromatic N) is 2. The van der Waals surface area contributed by atoms with Gasteiger partial charge in [-0.25, -0.2) is 9.69 Å². The van der Waals surface area contributed by atoms with Crippen LogP contribution in [0.4, 0.5) is 10.5 Å². The van der Waals surface area contributed by atoms with Gasteiger partial charge in [-0.3, -0.25) is 4.79 Å². The summed E-state index contributed by atoms with van der Waals surface area (Å²) in [5.74, 6) is 0. The third kappa shape index (κ3) is 4.24. The molecule has 5 heteroatoms. The molecule has 0 radical (unpaired) electrons. The highest BCUT2D eigenvalue weighted by atomic mass is 16.2. The van der Waals surface area contributed by atoms with Crippen molar-refractivity contribution in [1.29, 1.82) is 0 Å². The molecule has 5 nitrogen and oxygen atoms in total. The van der Waals surface area contributed by atoms with Crippen molar-refractivity contribution in [3.63, 3.8) is 0 Å². The first-order valence-electron chi connectivity index (χ1n) is 5.37. The van der Waals surface area contributed by atoms with Crippen LogP contribution < -0.4 is 10.2 Å². The second-order valence-corrected chi connectivity index (χ2v) is 3.85. The number of carbonyl (C=O) groups excluding carboxylic acids is 2. The van der Waals surface area contributed by atoms with E-state index in [-0.39, 0.29) is 0 Å². The molecule has 0 atom stereocenters. The maximum absolute atomic E-state index is 11.7. The van der Waals surface area contributed by atoms with Crippen LogP contribution in [0.25, 0.3) is 0 Å². The Morgan fingerprint density at radius 3 is 2.47 bits per heavy atom. The number of urea groups is 1. The molecule has 0 aliphatic heterocycles. The summed E-state index contributed by atoms with van der Waals surface area (Å²) >= 11 is 0.